The normalized spacial score (nSPS) is 11.8. The van der Waals surface area contributed by atoms with Gasteiger partial charge in [0.25, 0.3) is 0 Å². The molecule has 2 heteroatoms. The third kappa shape index (κ3) is 2.07. The van der Waals surface area contributed by atoms with Gasteiger partial charge in [0.2, 0.25) is 0 Å². The van der Waals surface area contributed by atoms with Crippen LogP contribution in [0.5, 0.6) is 0 Å². The zero-order valence-corrected chi connectivity index (χ0v) is 9.07. The first-order chi connectivity index (χ1) is 5.41. The summed E-state index contributed by atoms with van der Waals surface area (Å²) in [6.07, 6.45) is 0. The Morgan fingerprint density at radius 1 is 1.33 bits per heavy atom. The van der Waals surface area contributed by atoms with Gasteiger partial charge in [0.05, 0.1) is 0 Å². The minimum atomic E-state index is -1.24. The molecule has 0 heterocycles. The minimum Gasteiger partial charge on any atom is -0.239 e. The molecule has 0 aliphatic carbocycles. The highest BCUT2D eigenvalue weighted by molar-refractivity contribution is 9.10. The molecule has 0 aliphatic rings. The maximum absolute atomic E-state index is 13.4. The van der Waals surface area contributed by atoms with E-state index in [1.807, 2.05) is 19.1 Å². The molecule has 0 saturated carbocycles. The molecule has 0 aliphatic heterocycles. The van der Waals surface area contributed by atoms with E-state index in [1.54, 1.807) is 19.9 Å². The average Bonchev–Trinajstić information content (AvgIpc) is 1.92. The summed E-state index contributed by atoms with van der Waals surface area (Å²) in [5, 5.41) is 0. The molecule has 0 unspecified atom stereocenters. The zero-order chi connectivity index (χ0) is 9.35. The van der Waals surface area contributed by atoms with Gasteiger partial charge < -0.3 is 0 Å². The molecular formula is C10H12BrF. The summed E-state index contributed by atoms with van der Waals surface area (Å²) < 4.78 is 14.4. The highest BCUT2D eigenvalue weighted by Gasteiger charge is 2.18. The first-order valence-electron chi connectivity index (χ1n) is 3.87. The van der Waals surface area contributed by atoms with Gasteiger partial charge in [-0.15, -0.1) is 0 Å². The molecule has 0 saturated heterocycles. The second-order valence-electron chi connectivity index (χ2n) is 3.44. The van der Waals surface area contributed by atoms with E-state index in [0.29, 0.717) is 0 Å². The van der Waals surface area contributed by atoms with Crippen LogP contribution in [-0.4, -0.2) is 0 Å². The van der Waals surface area contributed by atoms with Crippen molar-refractivity contribution < 1.29 is 4.39 Å². The van der Waals surface area contributed by atoms with Crippen LogP contribution < -0.4 is 0 Å². The highest BCUT2D eigenvalue weighted by Crippen LogP contribution is 2.27. The molecule has 0 atom stereocenters. The Balaban J connectivity index is 3.14. The van der Waals surface area contributed by atoms with Gasteiger partial charge in [-0.2, -0.15) is 0 Å². The lowest BCUT2D eigenvalue weighted by atomic mass is 9.99. The molecule has 0 radical (unpaired) electrons. The largest absolute Gasteiger partial charge is 0.239 e. The first-order valence-corrected chi connectivity index (χ1v) is 4.66. The summed E-state index contributed by atoms with van der Waals surface area (Å²) in [7, 11) is 0. The Bertz CT molecular complexity index is 286. The third-order valence-corrected chi connectivity index (χ3v) is 2.73. The number of rotatable bonds is 1. The van der Waals surface area contributed by atoms with E-state index in [1.165, 1.54) is 0 Å². The lowest BCUT2D eigenvalue weighted by Gasteiger charge is -2.15. The van der Waals surface area contributed by atoms with Crippen molar-refractivity contribution in [2.75, 3.05) is 0 Å². The fraction of sp³-hybridized carbons (Fsp3) is 0.400. The van der Waals surface area contributed by atoms with Gasteiger partial charge in [-0.05, 0) is 38.0 Å². The number of alkyl halides is 1. The second-order valence-corrected chi connectivity index (χ2v) is 4.29. The molecule has 0 aromatic heterocycles. The van der Waals surface area contributed by atoms with Gasteiger partial charge in [-0.25, -0.2) is 4.39 Å². The van der Waals surface area contributed by atoms with Crippen LogP contribution in [-0.2, 0) is 5.67 Å². The second kappa shape index (κ2) is 3.17. The zero-order valence-electron chi connectivity index (χ0n) is 7.49. The quantitative estimate of drug-likeness (QED) is 0.686. The maximum Gasteiger partial charge on any atom is 0.130 e. The van der Waals surface area contributed by atoms with E-state index < -0.39 is 5.67 Å². The molecule has 1 aromatic rings. The fourth-order valence-corrected chi connectivity index (χ4v) is 1.26. The van der Waals surface area contributed by atoms with Crippen LogP contribution in [0.3, 0.4) is 0 Å². The van der Waals surface area contributed by atoms with Gasteiger partial charge >= 0.3 is 0 Å². The number of benzene rings is 1. The van der Waals surface area contributed by atoms with Crippen molar-refractivity contribution in [3.8, 4) is 0 Å². The van der Waals surface area contributed by atoms with Gasteiger partial charge in [-0.1, -0.05) is 28.1 Å². The Hall–Kier alpha value is -0.370. The maximum atomic E-state index is 13.4. The van der Waals surface area contributed by atoms with E-state index in [2.05, 4.69) is 15.9 Å². The van der Waals surface area contributed by atoms with E-state index in [9.17, 15) is 4.39 Å². The fourth-order valence-electron chi connectivity index (χ4n) is 1.01. The van der Waals surface area contributed by atoms with E-state index in [4.69, 9.17) is 0 Å². The first kappa shape index (κ1) is 9.72. The van der Waals surface area contributed by atoms with Crippen LogP contribution in [0.15, 0.2) is 22.7 Å². The predicted octanol–water partition coefficient (Wildman–Crippen LogP) is 3.96. The molecule has 0 bridgehead atoms. The van der Waals surface area contributed by atoms with Crippen molar-refractivity contribution in [1.29, 1.82) is 0 Å². The lowest BCUT2D eigenvalue weighted by molar-refractivity contribution is 0.221. The summed E-state index contributed by atoms with van der Waals surface area (Å²) in [5.41, 5.74) is 0.548. The van der Waals surface area contributed by atoms with Gasteiger partial charge in [0.15, 0.2) is 0 Å². The lowest BCUT2D eigenvalue weighted by Crippen LogP contribution is -2.08. The molecule has 0 fully saturated rings. The predicted molar refractivity (Wildman–Crippen MR) is 53.0 cm³/mol. The average molecular weight is 231 g/mol. The molecule has 0 amide bonds. The van der Waals surface area contributed by atoms with Crippen molar-refractivity contribution in [1.82, 2.24) is 0 Å². The summed E-state index contributed by atoms with van der Waals surface area (Å²) >= 11 is 3.37. The number of aryl methyl sites for hydroxylation is 1. The molecule has 66 valence electrons. The van der Waals surface area contributed by atoms with Crippen molar-refractivity contribution in [3.63, 3.8) is 0 Å². The summed E-state index contributed by atoms with van der Waals surface area (Å²) in [4.78, 5) is 0. The van der Waals surface area contributed by atoms with E-state index in [0.717, 1.165) is 15.6 Å². The summed E-state index contributed by atoms with van der Waals surface area (Å²) in [6.45, 7) is 5.09. The van der Waals surface area contributed by atoms with Gasteiger partial charge in [0, 0.05) is 4.47 Å². The van der Waals surface area contributed by atoms with Crippen LogP contribution in [0.4, 0.5) is 4.39 Å². The van der Waals surface area contributed by atoms with Crippen LogP contribution >= 0.6 is 15.9 Å². The Kier molecular flexibility index (Phi) is 2.57. The number of hydrogen-bond donors (Lipinski definition) is 0. The Morgan fingerprint density at radius 3 is 2.33 bits per heavy atom. The molecule has 0 spiro atoms. The highest BCUT2D eigenvalue weighted by atomic mass is 79.9. The molecule has 1 rings (SSSR count). The monoisotopic (exact) mass is 230 g/mol. The van der Waals surface area contributed by atoms with Crippen LogP contribution in [0.1, 0.15) is 25.0 Å². The Labute approximate surface area is 80.9 Å². The summed E-state index contributed by atoms with van der Waals surface area (Å²) in [6, 6.07) is 5.55. The van der Waals surface area contributed by atoms with E-state index >= 15 is 0 Å². The van der Waals surface area contributed by atoms with Crippen molar-refractivity contribution >= 4 is 15.9 Å². The van der Waals surface area contributed by atoms with Gasteiger partial charge in [-0.3, -0.25) is 0 Å². The van der Waals surface area contributed by atoms with Crippen molar-refractivity contribution in [2.24, 2.45) is 0 Å². The molecular weight excluding hydrogens is 219 g/mol. The number of halogens is 2. The smallest absolute Gasteiger partial charge is 0.130 e. The van der Waals surface area contributed by atoms with Crippen LogP contribution in [0.25, 0.3) is 0 Å². The van der Waals surface area contributed by atoms with Crippen molar-refractivity contribution in [2.45, 2.75) is 26.4 Å². The minimum absolute atomic E-state index is 0.725. The van der Waals surface area contributed by atoms with Crippen molar-refractivity contribution in [3.05, 3.63) is 33.8 Å². The van der Waals surface area contributed by atoms with Gasteiger partial charge in [0.1, 0.15) is 5.67 Å². The summed E-state index contributed by atoms with van der Waals surface area (Å²) in [5.74, 6) is 0. The Morgan fingerprint density at radius 2 is 1.92 bits per heavy atom. The molecule has 0 nitrogen and oxygen atoms in total. The van der Waals surface area contributed by atoms with E-state index in [-0.39, 0.29) is 0 Å². The third-order valence-electron chi connectivity index (χ3n) is 1.84. The molecule has 1 aromatic carbocycles. The van der Waals surface area contributed by atoms with Crippen LogP contribution in [0, 0.1) is 6.92 Å². The SMILES string of the molecule is Cc1cc(C(C)(C)F)ccc1Br. The molecule has 12 heavy (non-hydrogen) atoms. The van der Waals surface area contributed by atoms with Crippen LogP contribution in [0.2, 0.25) is 0 Å². The topological polar surface area (TPSA) is 0 Å². The number of hydrogen-bond acceptors (Lipinski definition) is 0. The molecule has 0 N–H and O–H groups in total. The standard InChI is InChI=1S/C10H12BrF/c1-7-6-8(10(2,3)12)4-5-9(7)11/h4-6H,1-3H3.